The molecule has 3 N–H and O–H groups in total. The van der Waals surface area contributed by atoms with E-state index in [1.165, 1.54) is 44.9 Å². The molecule has 0 radical (unpaired) electrons. The van der Waals surface area contributed by atoms with Crippen molar-refractivity contribution < 1.29 is 5.11 Å². The summed E-state index contributed by atoms with van der Waals surface area (Å²) < 4.78 is 0. The molecule has 146 valence electrons. The number of aliphatic hydroxyl groups is 1. The summed E-state index contributed by atoms with van der Waals surface area (Å²) >= 11 is 0. The van der Waals surface area contributed by atoms with Crippen LogP contribution in [0.15, 0.2) is 0 Å². The fourth-order valence-corrected chi connectivity index (χ4v) is 3.42. The van der Waals surface area contributed by atoms with Gasteiger partial charge in [0.1, 0.15) is 5.72 Å². The van der Waals surface area contributed by atoms with Gasteiger partial charge >= 0.3 is 0 Å². The predicted molar refractivity (Wildman–Crippen MR) is 108 cm³/mol. The SMILES string of the molecule is CC(C)CCCC(C)CCCC(N)(O)CCC(C)CCCC(C)C. The lowest BCUT2D eigenvalue weighted by molar-refractivity contribution is 0.0198. The van der Waals surface area contributed by atoms with Gasteiger partial charge in [0.05, 0.1) is 0 Å². The van der Waals surface area contributed by atoms with Crippen LogP contribution < -0.4 is 5.73 Å². The normalized spacial score (nSPS) is 17.2. The van der Waals surface area contributed by atoms with Gasteiger partial charge in [-0.15, -0.1) is 0 Å². The van der Waals surface area contributed by atoms with E-state index >= 15 is 0 Å². The molecule has 0 saturated carbocycles. The number of hydrogen-bond acceptors (Lipinski definition) is 2. The highest BCUT2D eigenvalue weighted by atomic mass is 16.3. The molecule has 0 aliphatic heterocycles. The van der Waals surface area contributed by atoms with E-state index in [2.05, 4.69) is 41.5 Å². The fraction of sp³-hybridized carbons (Fsp3) is 1.00. The van der Waals surface area contributed by atoms with E-state index < -0.39 is 5.72 Å². The van der Waals surface area contributed by atoms with Crippen LogP contribution in [0.1, 0.15) is 112 Å². The maximum Gasteiger partial charge on any atom is 0.113 e. The van der Waals surface area contributed by atoms with E-state index in [0.29, 0.717) is 5.92 Å². The van der Waals surface area contributed by atoms with Crippen molar-refractivity contribution in [1.29, 1.82) is 0 Å². The minimum Gasteiger partial charge on any atom is -0.376 e. The van der Waals surface area contributed by atoms with Crippen LogP contribution in [-0.2, 0) is 0 Å². The lowest BCUT2D eigenvalue weighted by Crippen LogP contribution is -2.39. The van der Waals surface area contributed by atoms with Gasteiger partial charge in [0.15, 0.2) is 0 Å². The van der Waals surface area contributed by atoms with Crippen molar-refractivity contribution >= 4 is 0 Å². The summed E-state index contributed by atoms with van der Waals surface area (Å²) in [5.41, 5.74) is 5.17. The summed E-state index contributed by atoms with van der Waals surface area (Å²) in [5.74, 6) is 3.04. The van der Waals surface area contributed by atoms with Gasteiger partial charge in [0.2, 0.25) is 0 Å². The zero-order chi connectivity index (χ0) is 18.6. The first-order valence-electron chi connectivity index (χ1n) is 10.6. The van der Waals surface area contributed by atoms with E-state index in [1.807, 2.05) is 0 Å². The molecule has 0 heterocycles. The first-order chi connectivity index (χ1) is 11.1. The third-order valence-electron chi connectivity index (χ3n) is 5.33. The Kier molecular flexibility index (Phi) is 13.1. The maximum absolute atomic E-state index is 10.4. The summed E-state index contributed by atoms with van der Waals surface area (Å²) in [6, 6.07) is 0. The molecule has 2 heteroatoms. The second kappa shape index (κ2) is 13.2. The summed E-state index contributed by atoms with van der Waals surface area (Å²) in [4.78, 5) is 0. The molecule has 0 rings (SSSR count). The van der Waals surface area contributed by atoms with Crippen LogP contribution in [0.5, 0.6) is 0 Å². The minimum atomic E-state index is -0.954. The van der Waals surface area contributed by atoms with Crippen molar-refractivity contribution in [3.05, 3.63) is 0 Å². The van der Waals surface area contributed by atoms with Crippen LogP contribution in [0.3, 0.4) is 0 Å². The molecule has 0 spiro atoms. The topological polar surface area (TPSA) is 46.2 Å². The lowest BCUT2D eigenvalue weighted by Gasteiger charge is -2.25. The number of nitrogens with two attached hydrogens (primary N) is 1. The van der Waals surface area contributed by atoms with Crippen LogP contribution in [0, 0.1) is 23.7 Å². The van der Waals surface area contributed by atoms with Crippen molar-refractivity contribution in [1.82, 2.24) is 0 Å². The minimum absolute atomic E-state index is 0.675. The molecule has 0 bridgehead atoms. The van der Waals surface area contributed by atoms with Crippen LogP contribution in [-0.4, -0.2) is 10.8 Å². The fourth-order valence-electron chi connectivity index (χ4n) is 3.42. The van der Waals surface area contributed by atoms with Crippen molar-refractivity contribution in [2.24, 2.45) is 29.4 Å². The Bertz CT molecular complexity index is 286. The van der Waals surface area contributed by atoms with Crippen LogP contribution in [0.4, 0.5) is 0 Å². The van der Waals surface area contributed by atoms with Crippen LogP contribution in [0.2, 0.25) is 0 Å². The molecule has 3 unspecified atom stereocenters. The maximum atomic E-state index is 10.4. The van der Waals surface area contributed by atoms with Gasteiger partial charge in [-0.2, -0.15) is 0 Å². The summed E-state index contributed by atoms with van der Waals surface area (Å²) in [5, 5.41) is 10.4. The molecule has 3 atom stereocenters. The molecule has 0 aromatic carbocycles. The Morgan fingerprint density at radius 2 is 1.04 bits per heavy atom. The average Bonchev–Trinajstić information content (AvgIpc) is 2.44. The third kappa shape index (κ3) is 15.4. The molecule has 2 nitrogen and oxygen atoms in total. The molecule has 0 aliphatic rings. The Morgan fingerprint density at radius 1 is 0.625 bits per heavy atom. The highest BCUT2D eigenvalue weighted by Gasteiger charge is 2.21. The van der Waals surface area contributed by atoms with Gasteiger partial charge in [-0.25, -0.2) is 0 Å². The Balaban J connectivity index is 3.76. The van der Waals surface area contributed by atoms with E-state index in [9.17, 15) is 5.11 Å². The summed E-state index contributed by atoms with van der Waals surface area (Å²) in [7, 11) is 0. The molecular formula is C22H47NO. The van der Waals surface area contributed by atoms with Crippen LogP contribution in [0.25, 0.3) is 0 Å². The van der Waals surface area contributed by atoms with Gasteiger partial charge in [0.25, 0.3) is 0 Å². The highest BCUT2D eigenvalue weighted by Crippen LogP contribution is 2.24. The summed E-state index contributed by atoms with van der Waals surface area (Å²) in [6.45, 7) is 13.8. The molecule has 0 amide bonds. The second-order valence-electron chi connectivity index (χ2n) is 9.39. The Hall–Kier alpha value is -0.0800. The Morgan fingerprint density at radius 3 is 1.50 bits per heavy atom. The van der Waals surface area contributed by atoms with E-state index in [4.69, 9.17) is 5.73 Å². The van der Waals surface area contributed by atoms with E-state index in [-0.39, 0.29) is 0 Å². The molecule has 0 fully saturated rings. The van der Waals surface area contributed by atoms with Crippen molar-refractivity contribution in [2.75, 3.05) is 0 Å². The lowest BCUT2D eigenvalue weighted by atomic mass is 9.90. The molecule has 0 saturated heterocycles. The Labute approximate surface area is 153 Å². The van der Waals surface area contributed by atoms with Gasteiger partial charge in [-0.05, 0) is 49.4 Å². The van der Waals surface area contributed by atoms with E-state index in [1.54, 1.807) is 0 Å². The largest absolute Gasteiger partial charge is 0.376 e. The summed E-state index contributed by atoms with van der Waals surface area (Å²) in [6.07, 6.45) is 12.7. The molecule has 24 heavy (non-hydrogen) atoms. The van der Waals surface area contributed by atoms with Crippen molar-refractivity contribution in [2.45, 2.75) is 118 Å². The number of rotatable bonds is 15. The second-order valence-corrected chi connectivity index (χ2v) is 9.39. The van der Waals surface area contributed by atoms with Crippen LogP contribution >= 0.6 is 0 Å². The first kappa shape index (κ1) is 23.9. The van der Waals surface area contributed by atoms with Gasteiger partial charge < -0.3 is 10.8 Å². The zero-order valence-electron chi connectivity index (χ0n) is 17.6. The van der Waals surface area contributed by atoms with Crippen molar-refractivity contribution in [3.8, 4) is 0 Å². The van der Waals surface area contributed by atoms with Gasteiger partial charge in [0, 0.05) is 0 Å². The first-order valence-corrected chi connectivity index (χ1v) is 10.6. The predicted octanol–water partition coefficient (Wildman–Crippen LogP) is 6.51. The quantitative estimate of drug-likeness (QED) is 0.333. The molecule has 0 aromatic rings. The molecular weight excluding hydrogens is 294 g/mol. The smallest absolute Gasteiger partial charge is 0.113 e. The average molecular weight is 342 g/mol. The molecule has 0 aromatic heterocycles. The highest BCUT2D eigenvalue weighted by molar-refractivity contribution is 4.73. The number of hydrogen-bond donors (Lipinski definition) is 2. The van der Waals surface area contributed by atoms with Gasteiger partial charge in [-0.3, -0.25) is 0 Å². The van der Waals surface area contributed by atoms with Gasteiger partial charge in [-0.1, -0.05) is 86.5 Å². The molecule has 0 aliphatic carbocycles. The zero-order valence-corrected chi connectivity index (χ0v) is 17.6. The standard InChI is InChI=1S/C22H47NO/c1-18(2)10-7-12-20(5)14-9-16-22(23,24)17-15-21(6)13-8-11-19(3)4/h18-21,24H,7-17,23H2,1-6H3. The van der Waals surface area contributed by atoms with E-state index in [0.717, 1.165) is 43.4 Å². The third-order valence-corrected chi connectivity index (χ3v) is 5.33. The monoisotopic (exact) mass is 341 g/mol. The van der Waals surface area contributed by atoms with Crippen molar-refractivity contribution in [3.63, 3.8) is 0 Å².